The molecule has 2 aromatic carbocycles. The van der Waals surface area contributed by atoms with Crippen molar-refractivity contribution in [2.24, 2.45) is 5.92 Å². The highest BCUT2D eigenvalue weighted by molar-refractivity contribution is 5.80. The smallest absolute Gasteiger partial charge is 0.308 e. The van der Waals surface area contributed by atoms with Gasteiger partial charge in [0.05, 0.1) is 12.3 Å². The van der Waals surface area contributed by atoms with Gasteiger partial charge in [0.2, 0.25) is 11.8 Å². The minimum Gasteiger partial charge on any atom is -0.481 e. The first-order valence-corrected chi connectivity index (χ1v) is 8.88. The molecule has 0 spiro atoms. The maximum absolute atomic E-state index is 11.9. The monoisotopic (exact) mass is 368 g/mol. The second-order valence-electron chi connectivity index (χ2n) is 6.29. The molecule has 1 atom stereocenters. The average molecular weight is 368 g/mol. The molecule has 0 aromatic heterocycles. The molecule has 0 aliphatic rings. The maximum atomic E-state index is 11.9. The van der Waals surface area contributed by atoms with Crippen molar-refractivity contribution in [1.29, 1.82) is 0 Å². The van der Waals surface area contributed by atoms with Gasteiger partial charge in [-0.3, -0.25) is 14.4 Å². The summed E-state index contributed by atoms with van der Waals surface area (Å²) in [4.78, 5) is 35.1. The van der Waals surface area contributed by atoms with Crippen LogP contribution in [0.2, 0.25) is 0 Å². The summed E-state index contributed by atoms with van der Waals surface area (Å²) in [6.07, 6.45) is 0.725. The van der Waals surface area contributed by atoms with Crippen molar-refractivity contribution in [2.45, 2.75) is 19.3 Å². The van der Waals surface area contributed by atoms with Crippen LogP contribution in [0.15, 0.2) is 60.7 Å². The molecular weight excluding hydrogens is 344 g/mol. The van der Waals surface area contributed by atoms with E-state index in [1.807, 2.05) is 60.7 Å². The van der Waals surface area contributed by atoms with Crippen LogP contribution in [0.1, 0.15) is 17.5 Å². The van der Waals surface area contributed by atoms with Gasteiger partial charge in [-0.1, -0.05) is 60.7 Å². The Labute approximate surface area is 158 Å². The summed E-state index contributed by atoms with van der Waals surface area (Å²) >= 11 is 0. The van der Waals surface area contributed by atoms with Crippen molar-refractivity contribution in [1.82, 2.24) is 10.6 Å². The molecule has 27 heavy (non-hydrogen) atoms. The van der Waals surface area contributed by atoms with Crippen LogP contribution in [0.4, 0.5) is 0 Å². The first-order chi connectivity index (χ1) is 13.0. The van der Waals surface area contributed by atoms with Gasteiger partial charge in [0.1, 0.15) is 0 Å². The topological polar surface area (TPSA) is 95.5 Å². The molecule has 0 radical (unpaired) electrons. The van der Waals surface area contributed by atoms with E-state index in [0.717, 1.165) is 11.1 Å². The third kappa shape index (κ3) is 7.73. The highest BCUT2D eigenvalue weighted by Gasteiger charge is 2.18. The lowest BCUT2D eigenvalue weighted by atomic mass is 9.99. The van der Waals surface area contributed by atoms with Crippen molar-refractivity contribution in [3.05, 3.63) is 71.8 Å². The summed E-state index contributed by atoms with van der Waals surface area (Å²) in [6.45, 7) is 0.273. The molecule has 0 heterocycles. The van der Waals surface area contributed by atoms with E-state index < -0.39 is 11.9 Å². The number of benzene rings is 2. The number of hydrogen-bond acceptors (Lipinski definition) is 3. The van der Waals surface area contributed by atoms with Gasteiger partial charge >= 0.3 is 5.97 Å². The Morgan fingerprint density at radius 2 is 1.41 bits per heavy atom. The van der Waals surface area contributed by atoms with Crippen molar-refractivity contribution >= 4 is 17.8 Å². The summed E-state index contributed by atoms with van der Waals surface area (Å²) in [5.41, 5.74) is 1.82. The van der Waals surface area contributed by atoms with E-state index in [1.54, 1.807) is 0 Å². The molecule has 0 aliphatic carbocycles. The normalized spacial score (nSPS) is 11.4. The Kier molecular flexibility index (Phi) is 8.03. The van der Waals surface area contributed by atoms with Gasteiger partial charge < -0.3 is 15.7 Å². The van der Waals surface area contributed by atoms with Crippen LogP contribution >= 0.6 is 0 Å². The molecule has 2 aromatic rings. The number of amides is 2. The Morgan fingerprint density at radius 1 is 0.815 bits per heavy atom. The summed E-state index contributed by atoms with van der Waals surface area (Å²) in [6, 6.07) is 18.6. The number of carboxylic acids is 1. The third-order valence-corrected chi connectivity index (χ3v) is 4.10. The van der Waals surface area contributed by atoms with Crippen molar-refractivity contribution < 1.29 is 19.5 Å². The molecular formula is C21H24N2O4. The first-order valence-electron chi connectivity index (χ1n) is 8.88. The summed E-state index contributed by atoms with van der Waals surface area (Å²) in [5, 5.41) is 14.7. The molecule has 2 rings (SSSR count). The number of carboxylic acid groups (broad SMARTS) is 1. The van der Waals surface area contributed by atoms with E-state index >= 15 is 0 Å². The van der Waals surface area contributed by atoms with E-state index in [1.165, 1.54) is 0 Å². The second kappa shape index (κ2) is 10.8. The largest absolute Gasteiger partial charge is 0.481 e. The number of aliphatic carboxylic acids is 1. The van der Waals surface area contributed by atoms with E-state index in [2.05, 4.69) is 10.6 Å². The second-order valence-corrected chi connectivity index (χ2v) is 6.29. The zero-order valence-corrected chi connectivity index (χ0v) is 15.1. The van der Waals surface area contributed by atoms with Crippen molar-refractivity contribution in [2.75, 3.05) is 13.1 Å². The minimum absolute atomic E-state index is 0.0566. The molecule has 0 saturated heterocycles. The molecule has 3 N–H and O–H groups in total. The molecule has 0 fully saturated rings. The SMILES string of the molecule is O=C(CCNC(=O)Cc1ccccc1)NCC(Cc1ccccc1)C(=O)O. The van der Waals surface area contributed by atoms with Crippen LogP contribution in [0.3, 0.4) is 0 Å². The molecule has 1 unspecified atom stereocenters. The number of carbonyl (C=O) groups is 3. The van der Waals surface area contributed by atoms with Crippen molar-refractivity contribution in [3.8, 4) is 0 Å². The first kappa shape index (κ1) is 20.2. The van der Waals surface area contributed by atoms with Gasteiger partial charge in [0, 0.05) is 19.5 Å². The van der Waals surface area contributed by atoms with Crippen molar-refractivity contribution in [3.63, 3.8) is 0 Å². The van der Waals surface area contributed by atoms with Gasteiger partial charge in [-0.15, -0.1) is 0 Å². The van der Waals surface area contributed by atoms with Gasteiger partial charge in [-0.25, -0.2) is 0 Å². The Balaban J connectivity index is 1.68. The lowest BCUT2D eigenvalue weighted by Gasteiger charge is -2.14. The van der Waals surface area contributed by atoms with E-state index in [0.29, 0.717) is 6.42 Å². The fourth-order valence-corrected chi connectivity index (χ4v) is 2.63. The fraction of sp³-hybridized carbons (Fsp3) is 0.286. The minimum atomic E-state index is -0.949. The summed E-state index contributed by atoms with van der Waals surface area (Å²) < 4.78 is 0. The highest BCUT2D eigenvalue weighted by atomic mass is 16.4. The Morgan fingerprint density at radius 3 is 2.00 bits per heavy atom. The highest BCUT2D eigenvalue weighted by Crippen LogP contribution is 2.08. The van der Waals surface area contributed by atoms with E-state index in [-0.39, 0.29) is 37.7 Å². The third-order valence-electron chi connectivity index (χ3n) is 4.10. The predicted octanol–water partition coefficient (Wildman–Crippen LogP) is 1.80. The van der Waals surface area contributed by atoms with Crippen LogP contribution in [0.25, 0.3) is 0 Å². The van der Waals surface area contributed by atoms with Gasteiger partial charge in [0.25, 0.3) is 0 Å². The van der Waals surface area contributed by atoms with Gasteiger partial charge in [0.15, 0.2) is 0 Å². The average Bonchev–Trinajstić information content (AvgIpc) is 2.66. The zero-order chi connectivity index (χ0) is 19.5. The molecule has 142 valence electrons. The molecule has 0 aliphatic heterocycles. The maximum Gasteiger partial charge on any atom is 0.308 e. The molecule has 0 bridgehead atoms. The molecule has 6 nitrogen and oxygen atoms in total. The van der Waals surface area contributed by atoms with Crippen LogP contribution in [0, 0.1) is 5.92 Å². The standard InChI is InChI=1S/C21H24N2O4/c24-19(11-12-22-20(25)14-17-9-5-2-6-10-17)23-15-18(21(26)27)13-16-7-3-1-4-8-16/h1-10,18H,11-15H2,(H,22,25)(H,23,24)(H,26,27). The van der Waals surface area contributed by atoms with E-state index in [4.69, 9.17) is 0 Å². The number of hydrogen-bond donors (Lipinski definition) is 3. The quantitative estimate of drug-likeness (QED) is 0.596. The van der Waals surface area contributed by atoms with Gasteiger partial charge in [-0.2, -0.15) is 0 Å². The Hall–Kier alpha value is -3.15. The van der Waals surface area contributed by atoms with Gasteiger partial charge in [-0.05, 0) is 17.5 Å². The van der Waals surface area contributed by atoms with Crippen LogP contribution in [0.5, 0.6) is 0 Å². The predicted molar refractivity (Wildman–Crippen MR) is 102 cm³/mol. The Bertz CT molecular complexity index is 747. The number of nitrogens with one attached hydrogen (secondary N) is 2. The summed E-state index contributed by atoms with van der Waals surface area (Å²) in [5.74, 6) is -2.07. The lowest BCUT2D eigenvalue weighted by molar-refractivity contribution is -0.141. The summed E-state index contributed by atoms with van der Waals surface area (Å²) in [7, 11) is 0. The lowest BCUT2D eigenvalue weighted by Crippen LogP contribution is -2.36. The molecule has 0 saturated carbocycles. The zero-order valence-electron chi connectivity index (χ0n) is 15.1. The fourth-order valence-electron chi connectivity index (χ4n) is 2.63. The number of rotatable bonds is 10. The number of carbonyl (C=O) groups excluding carboxylic acids is 2. The van der Waals surface area contributed by atoms with Crippen LogP contribution < -0.4 is 10.6 Å². The molecule has 6 heteroatoms. The molecule has 2 amide bonds. The van der Waals surface area contributed by atoms with Crippen LogP contribution in [-0.4, -0.2) is 36.0 Å². The van der Waals surface area contributed by atoms with Crippen LogP contribution in [-0.2, 0) is 27.2 Å². The van der Waals surface area contributed by atoms with E-state index in [9.17, 15) is 19.5 Å².